The largest absolute Gasteiger partial charge is 0.454 e. The molecule has 0 bridgehead atoms. The van der Waals surface area contributed by atoms with Crippen LogP contribution in [0.4, 0.5) is 22.7 Å². The van der Waals surface area contributed by atoms with Gasteiger partial charge in [0.25, 0.3) is 0 Å². The van der Waals surface area contributed by atoms with Gasteiger partial charge >= 0.3 is 6.85 Å². The van der Waals surface area contributed by atoms with Crippen molar-refractivity contribution >= 4 is 62.5 Å². The van der Waals surface area contributed by atoms with Gasteiger partial charge in [0, 0.05) is 38.8 Å². The van der Waals surface area contributed by atoms with E-state index < -0.39 is 0 Å². The molecule has 1 fully saturated rings. The summed E-state index contributed by atoms with van der Waals surface area (Å²) in [7, 11) is 0. The number of benzene rings is 5. The lowest BCUT2D eigenvalue weighted by atomic mass is 9.42. The highest BCUT2D eigenvalue weighted by atomic mass is 16.3. The van der Waals surface area contributed by atoms with Crippen LogP contribution in [0.5, 0.6) is 0 Å². The summed E-state index contributed by atoms with van der Waals surface area (Å²) in [5.74, 6) is 0. The van der Waals surface area contributed by atoms with E-state index in [0.717, 1.165) is 11.2 Å². The zero-order valence-electron chi connectivity index (χ0n) is 31.8. The Balaban J connectivity index is 1.43. The van der Waals surface area contributed by atoms with E-state index in [1.807, 2.05) is 0 Å². The second kappa shape index (κ2) is 9.91. The average Bonchev–Trinajstić information content (AvgIpc) is 3.57. The molecule has 0 saturated heterocycles. The maximum atomic E-state index is 6.98. The number of nitrogens with zero attached hydrogens (tertiary/aromatic N) is 2. The highest BCUT2D eigenvalue weighted by Crippen LogP contribution is 2.63. The van der Waals surface area contributed by atoms with Crippen LogP contribution in [0.15, 0.2) is 89.3 Å². The van der Waals surface area contributed by atoms with Crippen LogP contribution in [0.3, 0.4) is 0 Å². The van der Waals surface area contributed by atoms with Crippen molar-refractivity contribution in [2.75, 3.05) is 9.71 Å². The van der Waals surface area contributed by atoms with Gasteiger partial charge in [0.05, 0.1) is 11.2 Å². The minimum Gasteiger partial charge on any atom is -0.454 e. The van der Waals surface area contributed by atoms with Crippen molar-refractivity contribution in [2.24, 2.45) is 0 Å². The van der Waals surface area contributed by atoms with Crippen LogP contribution in [-0.4, -0.2) is 12.4 Å². The number of para-hydroxylation sites is 2. The molecule has 0 radical (unpaired) electrons. The van der Waals surface area contributed by atoms with Crippen LogP contribution < -0.4 is 20.6 Å². The van der Waals surface area contributed by atoms with E-state index in [9.17, 15) is 0 Å². The van der Waals surface area contributed by atoms with E-state index in [-0.39, 0.29) is 28.6 Å². The Hall–Kier alpha value is -4.44. The lowest BCUT2D eigenvalue weighted by Crippen LogP contribution is -2.65. The first-order valence-electron chi connectivity index (χ1n) is 19.2. The summed E-state index contributed by atoms with van der Waals surface area (Å²) in [6.07, 6.45) is 4.96. The van der Waals surface area contributed by atoms with Gasteiger partial charge in [-0.2, -0.15) is 0 Å². The molecule has 51 heavy (non-hydrogen) atoms. The predicted molar refractivity (Wildman–Crippen MR) is 218 cm³/mol. The van der Waals surface area contributed by atoms with Crippen molar-refractivity contribution in [3.8, 4) is 11.1 Å². The minimum absolute atomic E-state index is 0.00560. The van der Waals surface area contributed by atoms with Gasteiger partial charge in [-0.25, -0.2) is 0 Å². The molecule has 2 unspecified atom stereocenters. The second-order valence-electron chi connectivity index (χ2n) is 18.6. The fourth-order valence-corrected chi connectivity index (χ4v) is 10.5. The normalized spacial score (nSPS) is 21.9. The van der Waals surface area contributed by atoms with E-state index in [4.69, 9.17) is 4.42 Å². The number of hydrogen-bond acceptors (Lipinski definition) is 3. The third-order valence-corrected chi connectivity index (χ3v) is 13.6. The van der Waals surface area contributed by atoms with E-state index in [2.05, 4.69) is 157 Å². The Bertz CT molecular complexity index is 2480. The van der Waals surface area contributed by atoms with Gasteiger partial charge in [-0.05, 0) is 101 Å². The molecule has 0 N–H and O–H groups in total. The summed E-state index contributed by atoms with van der Waals surface area (Å²) in [5, 5.41) is 2.35. The third kappa shape index (κ3) is 3.92. The van der Waals surface area contributed by atoms with E-state index in [0.29, 0.717) is 0 Å². The van der Waals surface area contributed by atoms with Crippen LogP contribution in [0, 0.1) is 6.92 Å². The van der Waals surface area contributed by atoms with E-state index in [1.54, 1.807) is 5.56 Å². The van der Waals surface area contributed by atoms with Gasteiger partial charge in [-0.3, -0.25) is 0 Å². The van der Waals surface area contributed by atoms with Gasteiger partial charge in [0.1, 0.15) is 5.58 Å². The Morgan fingerprint density at radius 2 is 1.39 bits per heavy atom. The van der Waals surface area contributed by atoms with Crippen molar-refractivity contribution in [3.05, 3.63) is 107 Å². The number of furan rings is 1. The number of aryl methyl sites for hydroxylation is 1. The molecule has 0 spiro atoms. The first-order chi connectivity index (χ1) is 24.2. The molecule has 1 saturated carbocycles. The van der Waals surface area contributed by atoms with Gasteiger partial charge < -0.3 is 14.1 Å². The number of anilines is 4. The molecule has 10 rings (SSSR count). The monoisotopic (exact) mass is 668 g/mol. The summed E-state index contributed by atoms with van der Waals surface area (Å²) in [6, 6.07) is 32.6. The topological polar surface area (TPSA) is 19.6 Å². The summed E-state index contributed by atoms with van der Waals surface area (Å²) in [6.45, 7) is 21.7. The molecule has 1 aromatic heterocycles. The summed E-state index contributed by atoms with van der Waals surface area (Å²) in [4.78, 5) is 5.55. The van der Waals surface area contributed by atoms with E-state index >= 15 is 0 Å². The fourth-order valence-electron chi connectivity index (χ4n) is 10.5. The highest BCUT2D eigenvalue weighted by Gasteiger charge is 2.62. The van der Waals surface area contributed by atoms with Gasteiger partial charge in [-0.1, -0.05) is 122 Å². The Morgan fingerprint density at radius 3 is 2.16 bits per heavy atom. The smallest absolute Gasteiger partial charge is 0.333 e. The molecule has 4 aliphatic rings. The van der Waals surface area contributed by atoms with Crippen LogP contribution in [0.2, 0.25) is 0 Å². The minimum atomic E-state index is -0.0233. The van der Waals surface area contributed by atoms with Crippen molar-refractivity contribution in [1.82, 2.24) is 0 Å². The van der Waals surface area contributed by atoms with Crippen LogP contribution in [0.1, 0.15) is 103 Å². The van der Waals surface area contributed by atoms with Crippen LogP contribution in [-0.2, 0) is 16.2 Å². The van der Waals surface area contributed by atoms with Gasteiger partial charge in [0.15, 0.2) is 5.58 Å². The molecule has 5 aromatic carbocycles. The number of fused-ring (bicyclic) bond motifs is 11. The van der Waals surface area contributed by atoms with E-state index in [1.165, 1.54) is 97.9 Å². The SMILES string of the molecule is Cc1ccccc1N1B2c3cc(C(C)(C)C)cc4c3N(c3cc(C(C)(C)C)cc(c32)-c2ccc3c(oc5ccccc53)c21)C1(C)CCCCC41C. The molecular formula is C47H49BN2O. The van der Waals surface area contributed by atoms with Crippen LogP contribution >= 0.6 is 0 Å². The van der Waals surface area contributed by atoms with Gasteiger partial charge in [0.2, 0.25) is 0 Å². The zero-order valence-corrected chi connectivity index (χ0v) is 31.8. The molecule has 3 nitrogen and oxygen atoms in total. The van der Waals surface area contributed by atoms with Crippen molar-refractivity contribution in [3.63, 3.8) is 0 Å². The summed E-state index contributed by atoms with van der Waals surface area (Å²) < 4.78 is 6.98. The summed E-state index contributed by atoms with van der Waals surface area (Å²) >= 11 is 0. The third-order valence-electron chi connectivity index (χ3n) is 13.6. The Morgan fingerprint density at radius 1 is 0.686 bits per heavy atom. The Labute approximate surface area is 303 Å². The summed E-state index contributed by atoms with van der Waals surface area (Å²) in [5.41, 5.74) is 18.3. The first kappa shape index (κ1) is 31.3. The average molecular weight is 669 g/mol. The van der Waals surface area contributed by atoms with Gasteiger partial charge in [-0.15, -0.1) is 0 Å². The second-order valence-corrected chi connectivity index (χ2v) is 18.6. The number of hydrogen-bond donors (Lipinski definition) is 0. The molecule has 6 aromatic rings. The fraction of sp³-hybridized carbons (Fsp3) is 0.362. The molecule has 3 aliphatic heterocycles. The van der Waals surface area contributed by atoms with Crippen molar-refractivity contribution < 1.29 is 4.42 Å². The maximum absolute atomic E-state index is 6.98. The molecule has 4 heterocycles. The number of rotatable bonds is 1. The highest BCUT2D eigenvalue weighted by molar-refractivity contribution is 6.94. The molecule has 256 valence electrons. The zero-order chi connectivity index (χ0) is 35.4. The predicted octanol–water partition coefficient (Wildman–Crippen LogP) is 11.5. The maximum Gasteiger partial charge on any atom is 0.333 e. The first-order valence-corrected chi connectivity index (χ1v) is 19.2. The molecule has 0 amide bonds. The molecule has 2 atom stereocenters. The lowest BCUT2D eigenvalue weighted by Gasteiger charge is -2.53. The molecular weight excluding hydrogens is 619 g/mol. The molecule has 4 heteroatoms. The van der Waals surface area contributed by atoms with Crippen molar-refractivity contribution in [1.29, 1.82) is 0 Å². The van der Waals surface area contributed by atoms with Crippen molar-refractivity contribution in [2.45, 2.75) is 110 Å². The lowest BCUT2D eigenvalue weighted by molar-refractivity contribution is 0.195. The molecule has 1 aliphatic carbocycles. The Kier molecular flexibility index (Phi) is 6.08. The van der Waals surface area contributed by atoms with Crippen LogP contribution in [0.25, 0.3) is 33.1 Å². The standard InChI is InChI=1S/C47H49BN2O/c1-28-16-10-12-18-37(28)50-41-32(20-21-33-31-17-11-13-19-39(31)51-43(33)41)34-24-29(44(2,3)4)27-38-40(34)48(50)36-26-30(45(5,6)7)25-35-42(36)49(38)47(9)23-15-14-22-46(35,47)8/h10-13,16-21,24-27H,14-15,22-23H2,1-9H3. The quantitative estimate of drug-likeness (QED) is 0.163.